The number of allylic oxidation sites excluding steroid dienone is 2. The van der Waals surface area contributed by atoms with Crippen LogP contribution in [0.2, 0.25) is 0 Å². The predicted octanol–water partition coefficient (Wildman–Crippen LogP) is 0.910. The minimum Gasteiger partial charge on any atom is -0.481 e. The lowest BCUT2D eigenvalue weighted by Crippen LogP contribution is -2.49. The molecule has 0 bridgehead atoms. The predicted molar refractivity (Wildman–Crippen MR) is 76.2 cm³/mol. The van der Waals surface area contributed by atoms with E-state index < -0.39 is 23.7 Å². The molecule has 0 spiro atoms. The molecule has 2 aliphatic carbocycles. The average molecular weight is 294 g/mol. The molecule has 0 saturated heterocycles. The summed E-state index contributed by atoms with van der Waals surface area (Å²) in [4.78, 5) is 36.9. The zero-order chi connectivity index (χ0) is 15.4. The van der Waals surface area contributed by atoms with Crippen molar-refractivity contribution in [3.8, 4) is 0 Å². The molecule has 2 amide bonds. The lowest BCUT2D eigenvalue weighted by Gasteiger charge is -2.34. The van der Waals surface area contributed by atoms with Crippen LogP contribution < -0.4 is 5.73 Å². The first-order valence-corrected chi connectivity index (χ1v) is 7.47. The number of carboxylic acid groups (broad SMARTS) is 1. The monoisotopic (exact) mass is 294 g/mol. The van der Waals surface area contributed by atoms with E-state index >= 15 is 0 Å². The lowest BCUT2D eigenvalue weighted by atomic mass is 9.81. The maximum Gasteiger partial charge on any atom is 0.307 e. The average Bonchev–Trinajstić information content (AvgIpc) is 2.97. The normalized spacial score (nSPS) is 25.7. The van der Waals surface area contributed by atoms with Crippen molar-refractivity contribution in [2.45, 2.75) is 44.6 Å². The maximum atomic E-state index is 12.8. The van der Waals surface area contributed by atoms with Crippen molar-refractivity contribution in [1.82, 2.24) is 4.90 Å². The van der Waals surface area contributed by atoms with Crippen LogP contribution in [0.1, 0.15) is 38.5 Å². The third-order valence-corrected chi connectivity index (χ3v) is 4.44. The molecular weight excluding hydrogens is 272 g/mol. The molecule has 0 aliphatic heterocycles. The van der Waals surface area contributed by atoms with Crippen LogP contribution in [-0.2, 0) is 14.4 Å². The van der Waals surface area contributed by atoms with Crippen molar-refractivity contribution < 1.29 is 19.5 Å². The quantitative estimate of drug-likeness (QED) is 0.736. The first kappa shape index (κ1) is 15.5. The highest BCUT2D eigenvalue weighted by atomic mass is 16.4. The van der Waals surface area contributed by atoms with Crippen molar-refractivity contribution in [2.24, 2.45) is 17.6 Å². The van der Waals surface area contributed by atoms with E-state index in [0.717, 1.165) is 25.7 Å². The summed E-state index contributed by atoms with van der Waals surface area (Å²) in [5, 5.41) is 9.29. The van der Waals surface area contributed by atoms with Crippen molar-refractivity contribution in [2.75, 3.05) is 6.54 Å². The van der Waals surface area contributed by atoms with Gasteiger partial charge in [-0.15, -0.1) is 0 Å². The summed E-state index contributed by atoms with van der Waals surface area (Å²) in [5.74, 6) is -3.04. The molecule has 1 fully saturated rings. The Bertz CT molecular complexity index is 455. The number of nitrogens with zero attached hydrogens (tertiary/aromatic N) is 1. The summed E-state index contributed by atoms with van der Waals surface area (Å²) in [6.45, 7) is -0.115. The number of hydrogen-bond donors (Lipinski definition) is 2. The van der Waals surface area contributed by atoms with Crippen molar-refractivity contribution >= 4 is 17.8 Å². The van der Waals surface area contributed by atoms with Crippen LogP contribution in [0.5, 0.6) is 0 Å². The minimum absolute atomic E-state index is 0.0188. The van der Waals surface area contributed by atoms with E-state index in [9.17, 15) is 19.5 Å². The number of aliphatic carboxylic acids is 1. The summed E-state index contributed by atoms with van der Waals surface area (Å²) in [5.41, 5.74) is 5.26. The van der Waals surface area contributed by atoms with Gasteiger partial charge in [0.1, 0.15) is 0 Å². The maximum absolute atomic E-state index is 12.8. The largest absolute Gasteiger partial charge is 0.481 e. The second-order valence-corrected chi connectivity index (χ2v) is 5.86. The van der Waals surface area contributed by atoms with E-state index in [1.807, 2.05) is 6.08 Å². The van der Waals surface area contributed by atoms with Crippen LogP contribution in [0, 0.1) is 11.8 Å². The number of primary amides is 1. The van der Waals surface area contributed by atoms with Crippen LogP contribution in [-0.4, -0.2) is 40.4 Å². The van der Waals surface area contributed by atoms with Crippen LogP contribution in [0.3, 0.4) is 0 Å². The Morgan fingerprint density at radius 1 is 1.10 bits per heavy atom. The van der Waals surface area contributed by atoms with Gasteiger partial charge >= 0.3 is 5.97 Å². The van der Waals surface area contributed by atoms with Gasteiger partial charge in [-0.25, -0.2) is 0 Å². The molecule has 0 aromatic heterocycles. The molecule has 21 heavy (non-hydrogen) atoms. The molecule has 0 heterocycles. The smallest absolute Gasteiger partial charge is 0.307 e. The van der Waals surface area contributed by atoms with E-state index in [1.165, 1.54) is 4.90 Å². The second kappa shape index (κ2) is 6.74. The van der Waals surface area contributed by atoms with E-state index in [1.54, 1.807) is 6.08 Å². The summed E-state index contributed by atoms with van der Waals surface area (Å²) in [7, 11) is 0. The van der Waals surface area contributed by atoms with Gasteiger partial charge in [-0.3, -0.25) is 14.4 Å². The fraction of sp³-hybridized carbons (Fsp3) is 0.667. The molecule has 0 unspecified atom stereocenters. The first-order chi connectivity index (χ1) is 10.0. The summed E-state index contributed by atoms with van der Waals surface area (Å²) >= 11 is 0. The SMILES string of the molecule is NC(=O)CN(C(=O)[C@@H]1CC=CC[C@@H]1C(=O)O)C1CCCC1. The van der Waals surface area contributed by atoms with Crippen LogP contribution in [0.25, 0.3) is 0 Å². The van der Waals surface area contributed by atoms with Crippen LogP contribution in [0.4, 0.5) is 0 Å². The number of carbonyl (C=O) groups excluding carboxylic acids is 2. The standard InChI is InChI=1S/C15H22N2O4/c16-13(18)9-17(10-5-1-2-6-10)14(19)11-7-3-4-8-12(11)15(20)21/h3-4,10-12H,1-2,5-9H2,(H2,16,18)(H,20,21)/t11-,12+/m1/s1. The molecule has 6 nitrogen and oxygen atoms in total. The zero-order valence-corrected chi connectivity index (χ0v) is 12.0. The van der Waals surface area contributed by atoms with Gasteiger partial charge in [-0.05, 0) is 25.7 Å². The van der Waals surface area contributed by atoms with Gasteiger partial charge in [0.15, 0.2) is 0 Å². The van der Waals surface area contributed by atoms with Gasteiger partial charge in [0.25, 0.3) is 0 Å². The third kappa shape index (κ3) is 3.62. The molecule has 2 aliphatic rings. The van der Waals surface area contributed by atoms with E-state index in [0.29, 0.717) is 12.8 Å². The molecule has 0 radical (unpaired) electrons. The Morgan fingerprint density at radius 3 is 2.19 bits per heavy atom. The number of carboxylic acids is 1. The molecule has 0 aromatic carbocycles. The molecule has 3 N–H and O–H groups in total. The number of amides is 2. The summed E-state index contributed by atoms with van der Waals surface area (Å²) in [6.07, 6.45) is 8.20. The molecule has 6 heteroatoms. The molecule has 116 valence electrons. The fourth-order valence-corrected chi connectivity index (χ4v) is 3.34. The van der Waals surface area contributed by atoms with Crippen LogP contribution >= 0.6 is 0 Å². The fourth-order valence-electron chi connectivity index (χ4n) is 3.34. The van der Waals surface area contributed by atoms with Gasteiger partial charge in [0.05, 0.1) is 18.4 Å². The second-order valence-electron chi connectivity index (χ2n) is 5.86. The Labute approximate surface area is 124 Å². The topological polar surface area (TPSA) is 101 Å². The van der Waals surface area contributed by atoms with Gasteiger partial charge < -0.3 is 15.7 Å². The third-order valence-electron chi connectivity index (χ3n) is 4.44. The Hall–Kier alpha value is -1.85. The van der Waals surface area contributed by atoms with Gasteiger partial charge in [0.2, 0.25) is 11.8 Å². The number of hydrogen-bond acceptors (Lipinski definition) is 3. The van der Waals surface area contributed by atoms with Gasteiger partial charge in [-0.2, -0.15) is 0 Å². The van der Waals surface area contributed by atoms with Crippen molar-refractivity contribution in [1.29, 1.82) is 0 Å². The first-order valence-electron chi connectivity index (χ1n) is 7.47. The number of rotatable bonds is 5. The highest BCUT2D eigenvalue weighted by Gasteiger charge is 2.39. The molecule has 2 rings (SSSR count). The van der Waals surface area contributed by atoms with E-state index in [4.69, 9.17) is 5.73 Å². The van der Waals surface area contributed by atoms with Crippen molar-refractivity contribution in [3.05, 3.63) is 12.2 Å². The number of carbonyl (C=O) groups is 3. The zero-order valence-electron chi connectivity index (χ0n) is 12.0. The van der Waals surface area contributed by atoms with E-state index in [-0.39, 0.29) is 18.5 Å². The van der Waals surface area contributed by atoms with E-state index in [2.05, 4.69) is 0 Å². The Morgan fingerprint density at radius 2 is 1.67 bits per heavy atom. The summed E-state index contributed by atoms with van der Waals surface area (Å²) < 4.78 is 0. The summed E-state index contributed by atoms with van der Waals surface area (Å²) in [6, 6.07) is 0.0188. The number of nitrogens with two attached hydrogens (primary N) is 1. The molecule has 0 aromatic rings. The molecule has 2 atom stereocenters. The Balaban J connectivity index is 2.17. The lowest BCUT2D eigenvalue weighted by molar-refractivity contribution is -0.152. The van der Waals surface area contributed by atoms with Crippen LogP contribution in [0.15, 0.2) is 12.2 Å². The highest BCUT2D eigenvalue weighted by Crippen LogP contribution is 2.31. The highest BCUT2D eigenvalue weighted by molar-refractivity contribution is 5.88. The minimum atomic E-state index is -0.955. The van der Waals surface area contributed by atoms with Gasteiger partial charge in [0, 0.05) is 6.04 Å². The van der Waals surface area contributed by atoms with Crippen molar-refractivity contribution in [3.63, 3.8) is 0 Å². The van der Waals surface area contributed by atoms with Gasteiger partial charge in [-0.1, -0.05) is 25.0 Å². The Kier molecular flexibility index (Phi) is 4.98. The molecule has 1 saturated carbocycles. The molecular formula is C15H22N2O4.